The van der Waals surface area contributed by atoms with Gasteiger partial charge in [-0.3, -0.25) is 4.90 Å². The maximum Gasteiger partial charge on any atom is 0.147 e. The molecule has 1 heterocycles. The number of hydrogen-bond donors (Lipinski definition) is 1. The molecule has 1 fully saturated rings. The molecular formula is C14H19BrClFN2O. The number of nitrogens with zero attached hydrogens (tertiary/aromatic N) is 1. The highest BCUT2D eigenvalue weighted by atomic mass is 79.9. The zero-order valence-electron chi connectivity index (χ0n) is 11.6. The van der Waals surface area contributed by atoms with E-state index in [9.17, 15) is 4.39 Å². The van der Waals surface area contributed by atoms with Gasteiger partial charge in [-0.15, -0.1) is 0 Å². The lowest BCUT2D eigenvalue weighted by atomic mass is 9.99. The van der Waals surface area contributed by atoms with E-state index in [1.807, 2.05) is 7.05 Å². The molecule has 1 aromatic rings. The third-order valence-electron chi connectivity index (χ3n) is 3.71. The Balaban J connectivity index is 2.26. The average molecular weight is 366 g/mol. The largest absolute Gasteiger partial charge is 0.374 e. The number of benzene rings is 1. The van der Waals surface area contributed by atoms with E-state index in [2.05, 4.69) is 33.1 Å². The average Bonchev–Trinajstić information content (AvgIpc) is 2.48. The van der Waals surface area contributed by atoms with Gasteiger partial charge in [-0.05, 0) is 35.6 Å². The van der Waals surface area contributed by atoms with Gasteiger partial charge < -0.3 is 10.1 Å². The lowest BCUT2D eigenvalue weighted by molar-refractivity contribution is -0.0449. The maximum atomic E-state index is 14.4. The van der Waals surface area contributed by atoms with Gasteiger partial charge in [0.1, 0.15) is 5.82 Å². The van der Waals surface area contributed by atoms with Crippen LogP contribution in [0.5, 0.6) is 0 Å². The van der Waals surface area contributed by atoms with E-state index >= 15 is 0 Å². The Morgan fingerprint density at radius 2 is 2.35 bits per heavy atom. The molecule has 2 rings (SSSR count). The van der Waals surface area contributed by atoms with Crippen molar-refractivity contribution < 1.29 is 9.13 Å². The lowest BCUT2D eigenvalue weighted by Gasteiger charge is -2.36. The first-order chi connectivity index (χ1) is 9.58. The Kier molecular flexibility index (Phi) is 5.81. The van der Waals surface area contributed by atoms with Crippen LogP contribution < -0.4 is 5.32 Å². The Morgan fingerprint density at radius 1 is 1.60 bits per heavy atom. The van der Waals surface area contributed by atoms with E-state index in [4.69, 9.17) is 16.3 Å². The van der Waals surface area contributed by atoms with Crippen molar-refractivity contribution in [2.45, 2.75) is 19.1 Å². The molecule has 2 unspecified atom stereocenters. The molecule has 0 aromatic heterocycles. The molecule has 1 aliphatic rings. The summed E-state index contributed by atoms with van der Waals surface area (Å²) in [6.45, 7) is 5.47. The van der Waals surface area contributed by atoms with Crippen LogP contribution in [-0.4, -0.2) is 44.3 Å². The highest BCUT2D eigenvalue weighted by Gasteiger charge is 2.30. The number of nitrogens with one attached hydrogen (secondary N) is 1. The monoisotopic (exact) mass is 364 g/mol. The predicted molar refractivity (Wildman–Crippen MR) is 82.8 cm³/mol. The van der Waals surface area contributed by atoms with Gasteiger partial charge >= 0.3 is 0 Å². The normalized spacial score (nSPS) is 21.9. The molecule has 0 saturated carbocycles. The van der Waals surface area contributed by atoms with E-state index < -0.39 is 5.82 Å². The van der Waals surface area contributed by atoms with Crippen molar-refractivity contribution in [3.63, 3.8) is 0 Å². The van der Waals surface area contributed by atoms with Gasteiger partial charge in [0.25, 0.3) is 0 Å². The van der Waals surface area contributed by atoms with E-state index in [1.165, 1.54) is 0 Å². The van der Waals surface area contributed by atoms with Crippen LogP contribution in [0.4, 0.5) is 4.39 Å². The molecule has 112 valence electrons. The molecule has 0 amide bonds. The molecule has 1 saturated heterocycles. The van der Waals surface area contributed by atoms with Gasteiger partial charge in [-0.2, -0.15) is 0 Å². The summed E-state index contributed by atoms with van der Waals surface area (Å²) in [6, 6.07) is 3.31. The van der Waals surface area contributed by atoms with Crippen molar-refractivity contribution in [1.82, 2.24) is 10.2 Å². The maximum absolute atomic E-state index is 14.4. The van der Waals surface area contributed by atoms with Crippen LogP contribution in [0.2, 0.25) is 5.02 Å². The van der Waals surface area contributed by atoms with Crippen LogP contribution in [0, 0.1) is 5.82 Å². The Bertz CT molecular complexity index is 475. The van der Waals surface area contributed by atoms with Crippen LogP contribution in [0.15, 0.2) is 16.6 Å². The van der Waals surface area contributed by atoms with Crippen molar-refractivity contribution in [2.24, 2.45) is 0 Å². The molecule has 0 aliphatic carbocycles. The molecule has 0 radical (unpaired) electrons. The summed E-state index contributed by atoms with van der Waals surface area (Å²) in [6.07, 6.45) is -0.0829. The minimum Gasteiger partial charge on any atom is -0.374 e. The molecule has 1 aromatic carbocycles. The fourth-order valence-corrected chi connectivity index (χ4v) is 3.02. The van der Waals surface area contributed by atoms with Gasteiger partial charge in [-0.25, -0.2) is 4.39 Å². The first-order valence-corrected chi connectivity index (χ1v) is 7.90. The first kappa shape index (κ1) is 16.2. The van der Waals surface area contributed by atoms with E-state index in [0.717, 1.165) is 19.6 Å². The van der Waals surface area contributed by atoms with Gasteiger partial charge in [0, 0.05) is 23.1 Å². The van der Waals surface area contributed by atoms with Gasteiger partial charge in [0.05, 0.1) is 23.8 Å². The second-order valence-electron chi connectivity index (χ2n) is 4.83. The van der Waals surface area contributed by atoms with Crippen molar-refractivity contribution in [1.29, 1.82) is 0 Å². The number of ether oxygens (including phenoxy) is 1. The second kappa shape index (κ2) is 7.18. The van der Waals surface area contributed by atoms with Crippen LogP contribution in [0.25, 0.3) is 0 Å². The SMILES string of the molecule is CCN1CCOC(C(NC)c2ccc(Br)c(Cl)c2F)C1. The third kappa shape index (κ3) is 3.34. The fraction of sp³-hybridized carbons (Fsp3) is 0.571. The van der Waals surface area contributed by atoms with Crippen LogP contribution in [-0.2, 0) is 4.74 Å². The van der Waals surface area contributed by atoms with E-state index in [0.29, 0.717) is 16.6 Å². The van der Waals surface area contributed by atoms with Gasteiger partial charge in [0.2, 0.25) is 0 Å². The Morgan fingerprint density at radius 3 is 3.00 bits per heavy atom. The topological polar surface area (TPSA) is 24.5 Å². The smallest absolute Gasteiger partial charge is 0.147 e. The highest BCUT2D eigenvalue weighted by molar-refractivity contribution is 9.10. The molecule has 6 heteroatoms. The van der Waals surface area contributed by atoms with E-state index in [-0.39, 0.29) is 17.2 Å². The molecule has 1 aliphatic heterocycles. The van der Waals surface area contributed by atoms with Crippen LogP contribution >= 0.6 is 27.5 Å². The molecule has 2 atom stereocenters. The van der Waals surface area contributed by atoms with Gasteiger partial charge in [0.15, 0.2) is 0 Å². The highest BCUT2D eigenvalue weighted by Crippen LogP contribution is 2.32. The minimum atomic E-state index is -0.391. The van der Waals surface area contributed by atoms with Crippen molar-refractivity contribution in [2.75, 3.05) is 33.3 Å². The summed E-state index contributed by atoms with van der Waals surface area (Å²) in [5, 5.41) is 3.27. The van der Waals surface area contributed by atoms with E-state index in [1.54, 1.807) is 12.1 Å². The fourth-order valence-electron chi connectivity index (χ4n) is 2.54. The lowest BCUT2D eigenvalue weighted by Crippen LogP contribution is -2.47. The molecule has 1 N–H and O–H groups in total. The number of likely N-dealkylation sites (N-methyl/N-ethyl adjacent to an activating group) is 2. The number of morpholine rings is 1. The summed E-state index contributed by atoms with van der Waals surface area (Å²) >= 11 is 9.21. The third-order valence-corrected chi connectivity index (χ3v) is 4.97. The summed E-state index contributed by atoms with van der Waals surface area (Å²) in [5.74, 6) is -0.391. The number of hydrogen-bond acceptors (Lipinski definition) is 3. The summed E-state index contributed by atoms with van der Waals surface area (Å²) < 4.78 is 20.7. The predicted octanol–water partition coefficient (Wildman–Crippen LogP) is 3.22. The summed E-state index contributed by atoms with van der Waals surface area (Å²) in [5.41, 5.74) is 0.545. The van der Waals surface area contributed by atoms with Gasteiger partial charge in [-0.1, -0.05) is 24.6 Å². The Labute approximate surface area is 132 Å². The molecule has 0 spiro atoms. The Hall–Kier alpha value is -0.200. The minimum absolute atomic E-state index is 0.0829. The zero-order valence-corrected chi connectivity index (χ0v) is 14.0. The van der Waals surface area contributed by atoms with Crippen LogP contribution in [0.1, 0.15) is 18.5 Å². The van der Waals surface area contributed by atoms with Crippen LogP contribution in [0.3, 0.4) is 0 Å². The number of rotatable bonds is 4. The quantitative estimate of drug-likeness (QED) is 0.829. The molecule has 3 nitrogen and oxygen atoms in total. The number of halogens is 3. The molecule has 0 bridgehead atoms. The standard InChI is InChI=1S/C14H19BrClFN2O/c1-3-19-6-7-20-11(8-19)14(18-2)9-4-5-10(15)12(16)13(9)17/h4-5,11,14,18H,3,6-8H2,1-2H3. The molecule has 20 heavy (non-hydrogen) atoms. The molecular weight excluding hydrogens is 347 g/mol. The first-order valence-electron chi connectivity index (χ1n) is 6.73. The van der Waals surface area contributed by atoms with Crippen molar-refractivity contribution in [3.8, 4) is 0 Å². The zero-order chi connectivity index (χ0) is 14.7. The summed E-state index contributed by atoms with van der Waals surface area (Å²) in [7, 11) is 1.81. The van der Waals surface area contributed by atoms with Crippen molar-refractivity contribution in [3.05, 3.63) is 33.0 Å². The van der Waals surface area contributed by atoms with Crippen molar-refractivity contribution >= 4 is 27.5 Å². The summed E-state index contributed by atoms with van der Waals surface area (Å²) in [4.78, 5) is 2.30. The second-order valence-corrected chi connectivity index (χ2v) is 6.07.